The van der Waals surface area contributed by atoms with Crippen molar-refractivity contribution < 1.29 is 10.0 Å². The number of aliphatic hydroxyl groups is 1. The molecule has 1 saturated carbocycles. The third kappa shape index (κ3) is 2.37. The highest BCUT2D eigenvalue weighted by Gasteiger charge is 2.46. The summed E-state index contributed by atoms with van der Waals surface area (Å²) in [6.07, 6.45) is 0.520. The Balaban J connectivity index is 1.90. The molecule has 18 heavy (non-hydrogen) atoms. The molecule has 5 nitrogen and oxygen atoms in total. The van der Waals surface area contributed by atoms with Gasteiger partial charge in [0.05, 0.1) is 11.0 Å². The van der Waals surface area contributed by atoms with Gasteiger partial charge in [0.25, 0.3) is 5.69 Å². The van der Waals surface area contributed by atoms with E-state index < -0.39 is 4.92 Å². The van der Waals surface area contributed by atoms with Gasteiger partial charge in [0.2, 0.25) is 0 Å². The van der Waals surface area contributed by atoms with Crippen LogP contribution < -0.4 is 5.32 Å². The molecule has 2 rings (SSSR count). The maximum absolute atomic E-state index is 10.5. The van der Waals surface area contributed by atoms with E-state index in [1.54, 1.807) is 12.1 Å². The topological polar surface area (TPSA) is 75.4 Å². The number of nitrogens with zero attached hydrogens (tertiary/aromatic N) is 1. The highest BCUT2D eigenvalue weighted by molar-refractivity contribution is 5.32. The Bertz CT molecular complexity index is 442. The maximum atomic E-state index is 10.5. The smallest absolute Gasteiger partial charge is 0.269 e. The van der Waals surface area contributed by atoms with Crippen molar-refractivity contribution in [2.75, 3.05) is 0 Å². The first-order valence-electron chi connectivity index (χ1n) is 6.06. The van der Waals surface area contributed by atoms with Crippen molar-refractivity contribution in [1.29, 1.82) is 0 Å². The van der Waals surface area contributed by atoms with Crippen LogP contribution in [0.3, 0.4) is 0 Å². The van der Waals surface area contributed by atoms with Crippen molar-refractivity contribution in [3.63, 3.8) is 0 Å². The number of nitro groups is 1. The number of nitro benzene ring substituents is 1. The van der Waals surface area contributed by atoms with Gasteiger partial charge in [-0.1, -0.05) is 26.0 Å². The number of hydrogen-bond acceptors (Lipinski definition) is 4. The van der Waals surface area contributed by atoms with Gasteiger partial charge < -0.3 is 10.4 Å². The van der Waals surface area contributed by atoms with E-state index in [2.05, 4.69) is 5.32 Å². The van der Waals surface area contributed by atoms with Crippen LogP contribution in [0.2, 0.25) is 0 Å². The van der Waals surface area contributed by atoms with Crippen LogP contribution in [0.4, 0.5) is 5.69 Å². The lowest BCUT2D eigenvalue weighted by Gasteiger charge is -2.49. The number of non-ortho nitro benzene ring substituents is 1. The molecule has 0 amide bonds. The summed E-state index contributed by atoms with van der Waals surface area (Å²) in [6.45, 7) is 4.74. The van der Waals surface area contributed by atoms with Gasteiger partial charge in [0.1, 0.15) is 0 Å². The van der Waals surface area contributed by atoms with E-state index >= 15 is 0 Å². The van der Waals surface area contributed by atoms with Crippen LogP contribution in [0.15, 0.2) is 24.3 Å². The standard InChI is InChI=1S/C13H18N2O3/c1-13(2)11(7-12(13)16)14-8-9-3-5-10(6-4-9)15(17)18/h3-6,11-12,14,16H,7-8H2,1-2H3. The molecule has 0 aliphatic heterocycles. The summed E-state index contributed by atoms with van der Waals surface area (Å²) in [5, 5.41) is 23.5. The first-order chi connectivity index (χ1) is 8.41. The number of nitrogens with one attached hydrogen (secondary N) is 1. The molecular weight excluding hydrogens is 232 g/mol. The van der Waals surface area contributed by atoms with Gasteiger partial charge in [-0.25, -0.2) is 0 Å². The van der Waals surface area contributed by atoms with Crippen LogP contribution >= 0.6 is 0 Å². The van der Waals surface area contributed by atoms with E-state index in [0.29, 0.717) is 12.6 Å². The van der Waals surface area contributed by atoms with Crippen molar-refractivity contribution in [2.45, 2.75) is 39.0 Å². The number of hydrogen-bond donors (Lipinski definition) is 2. The van der Waals surface area contributed by atoms with Crippen molar-refractivity contribution in [1.82, 2.24) is 5.32 Å². The van der Waals surface area contributed by atoms with Gasteiger partial charge in [0, 0.05) is 30.1 Å². The molecule has 1 aliphatic rings. The molecule has 2 N–H and O–H groups in total. The number of rotatable bonds is 4. The third-order valence-corrected chi connectivity index (χ3v) is 3.92. The Morgan fingerprint density at radius 3 is 2.50 bits per heavy atom. The summed E-state index contributed by atoms with van der Waals surface area (Å²) in [4.78, 5) is 10.1. The molecule has 1 aliphatic carbocycles. The minimum atomic E-state index is -0.400. The molecule has 0 bridgehead atoms. The Morgan fingerprint density at radius 2 is 2.06 bits per heavy atom. The van der Waals surface area contributed by atoms with E-state index in [1.807, 2.05) is 13.8 Å². The SMILES string of the molecule is CC1(C)C(O)CC1NCc1ccc([N+](=O)[O-])cc1. The van der Waals surface area contributed by atoms with Gasteiger partial charge in [0.15, 0.2) is 0 Å². The second kappa shape index (κ2) is 4.66. The molecule has 1 fully saturated rings. The van der Waals surface area contributed by atoms with Crippen LogP contribution in [0, 0.1) is 15.5 Å². The summed E-state index contributed by atoms with van der Waals surface area (Å²) in [6, 6.07) is 6.83. The zero-order valence-electron chi connectivity index (χ0n) is 10.6. The maximum Gasteiger partial charge on any atom is 0.269 e. The fraction of sp³-hybridized carbons (Fsp3) is 0.538. The third-order valence-electron chi connectivity index (χ3n) is 3.92. The second-order valence-corrected chi connectivity index (χ2v) is 5.43. The van der Waals surface area contributed by atoms with Crippen molar-refractivity contribution >= 4 is 5.69 Å². The van der Waals surface area contributed by atoms with Crippen LogP contribution in [-0.4, -0.2) is 22.2 Å². The molecule has 0 heterocycles. The Morgan fingerprint density at radius 1 is 1.44 bits per heavy atom. The molecule has 98 valence electrons. The highest BCUT2D eigenvalue weighted by Crippen LogP contribution is 2.40. The minimum Gasteiger partial charge on any atom is -0.392 e. The Labute approximate surface area is 106 Å². The van der Waals surface area contributed by atoms with Crippen LogP contribution in [0.1, 0.15) is 25.8 Å². The second-order valence-electron chi connectivity index (χ2n) is 5.43. The van der Waals surface area contributed by atoms with E-state index in [9.17, 15) is 15.2 Å². The van der Waals surface area contributed by atoms with Gasteiger partial charge in [-0.3, -0.25) is 10.1 Å². The van der Waals surface area contributed by atoms with E-state index in [-0.39, 0.29) is 17.2 Å². The van der Waals surface area contributed by atoms with Gasteiger partial charge in [-0.15, -0.1) is 0 Å². The summed E-state index contributed by atoms with van der Waals surface area (Å²) in [5.41, 5.74) is 1.02. The van der Waals surface area contributed by atoms with E-state index in [1.165, 1.54) is 12.1 Å². The fourth-order valence-electron chi connectivity index (χ4n) is 2.23. The largest absolute Gasteiger partial charge is 0.392 e. The molecule has 1 aromatic carbocycles. The van der Waals surface area contributed by atoms with Crippen molar-refractivity contribution in [3.8, 4) is 0 Å². The lowest BCUT2D eigenvalue weighted by molar-refractivity contribution is -0.384. The average molecular weight is 250 g/mol. The molecule has 2 atom stereocenters. The molecule has 0 radical (unpaired) electrons. The lowest BCUT2D eigenvalue weighted by atomic mass is 9.64. The normalized spacial score (nSPS) is 25.5. The number of aliphatic hydroxyl groups excluding tert-OH is 1. The molecular formula is C13H18N2O3. The Kier molecular flexibility index (Phi) is 3.36. The average Bonchev–Trinajstić information content (AvgIpc) is 2.34. The summed E-state index contributed by atoms with van der Waals surface area (Å²) in [7, 11) is 0. The van der Waals surface area contributed by atoms with Gasteiger partial charge in [-0.05, 0) is 12.0 Å². The predicted octanol–water partition coefficient (Wildman–Crippen LogP) is 1.84. The first kappa shape index (κ1) is 13.0. The molecule has 0 aromatic heterocycles. The minimum absolute atomic E-state index is 0.0965. The lowest BCUT2D eigenvalue weighted by Crippen LogP contribution is -2.59. The molecule has 2 unspecified atom stereocenters. The molecule has 0 saturated heterocycles. The summed E-state index contributed by atoms with van der Waals surface area (Å²) < 4.78 is 0. The zero-order chi connectivity index (χ0) is 13.3. The summed E-state index contributed by atoms with van der Waals surface area (Å²) in [5.74, 6) is 0. The van der Waals surface area contributed by atoms with E-state index in [4.69, 9.17) is 0 Å². The Hall–Kier alpha value is -1.46. The van der Waals surface area contributed by atoms with Crippen molar-refractivity contribution in [2.24, 2.45) is 5.41 Å². The number of benzene rings is 1. The van der Waals surface area contributed by atoms with Crippen LogP contribution in [0.5, 0.6) is 0 Å². The molecule has 0 spiro atoms. The van der Waals surface area contributed by atoms with Crippen LogP contribution in [0.25, 0.3) is 0 Å². The quantitative estimate of drug-likeness (QED) is 0.631. The van der Waals surface area contributed by atoms with Crippen LogP contribution in [-0.2, 0) is 6.54 Å². The van der Waals surface area contributed by atoms with Gasteiger partial charge in [-0.2, -0.15) is 0 Å². The first-order valence-corrected chi connectivity index (χ1v) is 6.06. The van der Waals surface area contributed by atoms with Gasteiger partial charge >= 0.3 is 0 Å². The molecule has 5 heteroatoms. The monoisotopic (exact) mass is 250 g/mol. The zero-order valence-corrected chi connectivity index (χ0v) is 10.6. The van der Waals surface area contributed by atoms with E-state index in [0.717, 1.165) is 12.0 Å². The molecule has 1 aromatic rings. The van der Waals surface area contributed by atoms with Crippen molar-refractivity contribution in [3.05, 3.63) is 39.9 Å². The predicted molar refractivity (Wildman–Crippen MR) is 68.1 cm³/mol. The highest BCUT2D eigenvalue weighted by atomic mass is 16.6. The fourth-order valence-corrected chi connectivity index (χ4v) is 2.23. The summed E-state index contributed by atoms with van der Waals surface area (Å²) >= 11 is 0.